The second-order valence-electron chi connectivity index (χ2n) is 3.74. The second-order valence-corrected chi connectivity index (χ2v) is 3.74. The van der Waals surface area contributed by atoms with Gasteiger partial charge in [0.15, 0.2) is 6.10 Å². The highest BCUT2D eigenvalue weighted by Crippen LogP contribution is 2.03. The van der Waals surface area contributed by atoms with Crippen LogP contribution in [-0.2, 0) is 16.1 Å². The Morgan fingerprint density at radius 1 is 1.61 bits per heavy atom. The molecular weight excluding hydrogens is 240 g/mol. The Hall–Kier alpha value is -2.02. The molecule has 100 valence electrons. The highest BCUT2D eigenvalue weighted by atomic mass is 16.5. The number of nitrogens with zero attached hydrogens (tertiary/aromatic N) is 1. The van der Waals surface area contributed by atoms with Crippen LogP contribution in [0.25, 0.3) is 0 Å². The number of methoxy groups -OCH3 is 1. The van der Waals surface area contributed by atoms with Gasteiger partial charge in [-0.1, -0.05) is 0 Å². The SMILES string of the molecule is COC(CNC(=O)N(C)Cc1ccoc1)C(=O)O. The molecule has 0 aliphatic rings. The van der Waals surface area contributed by atoms with Crippen LogP contribution in [0, 0.1) is 0 Å². The predicted octanol–water partition coefficient (Wildman–Crippen LogP) is 0.521. The number of carboxylic acid groups (broad SMARTS) is 1. The van der Waals surface area contributed by atoms with Crippen LogP contribution in [-0.4, -0.2) is 48.8 Å². The molecule has 1 aromatic heterocycles. The van der Waals surface area contributed by atoms with E-state index in [1.807, 2.05) is 0 Å². The summed E-state index contributed by atoms with van der Waals surface area (Å²) in [6, 6.07) is 1.37. The number of carbonyl (C=O) groups is 2. The van der Waals surface area contributed by atoms with Crippen molar-refractivity contribution in [3.63, 3.8) is 0 Å². The van der Waals surface area contributed by atoms with E-state index in [4.69, 9.17) is 14.3 Å². The summed E-state index contributed by atoms with van der Waals surface area (Å²) in [6.07, 6.45) is 2.02. The van der Waals surface area contributed by atoms with Crippen molar-refractivity contribution in [1.82, 2.24) is 10.2 Å². The molecular formula is C11H16N2O5. The van der Waals surface area contributed by atoms with Crippen molar-refractivity contribution < 1.29 is 23.8 Å². The molecule has 7 nitrogen and oxygen atoms in total. The van der Waals surface area contributed by atoms with E-state index in [0.717, 1.165) is 5.56 Å². The maximum Gasteiger partial charge on any atom is 0.334 e. The lowest BCUT2D eigenvalue weighted by molar-refractivity contribution is -0.148. The molecule has 0 aliphatic carbocycles. The van der Waals surface area contributed by atoms with Crippen molar-refractivity contribution in [2.24, 2.45) is 0 Å². The average Bonchev–Trinajstić information content (AvgIpc) is 2.81. The molecule has 1 atom stereocenters. The average molecular weight is 256 g/mol. The van der Waals surface area contributed by atoms with E-state index in [9.17, 15) is 9.59 Å². The van der Waals surface area contributed by atoms with E-state index in [0.29, 0.717) is 6.54 Å². The van der Waals surface area contributed by atoms with Gasteiger partial charge in [-0.15, -0.1) is 0 Å². The number of ether oxygens (including phenoxy) is 1. The van der Waals surface area contributed by atoms with Crippen molar-refractivity contribution in [2.45, 2.75) is 12.6 Å². The van der Waals surface area contributed by atoms with Crippen molar-refractivity contribution in [1.29, 1.82) is 0 Å². The van der Waals surface area contributed by atoms with Gasteiger partial charge in [-0.25, -0.2) is 9.59 Å². The third kappa shape index (κ3) is 4.10. The normalized spacial score (nSPS) is 11.9. The quantitative estimate of drug-likeness (QED) is 0.774. The highest BCUT2D eigenvalue weighted by molar-refractivity contribution is 5.76. The zero-order valence-electron chi connectivity index (χ0n) is 10.3. The minimum Gasteiger partial charge on any atom is -0.479 e. The number of hydrogen-bond donors (Lipinski definition) is 2. The van der Waals surface area contributed by atoms with Gasteiger partial charge in [0.1, 0.15) is 0 Å². The topological polar surface area (TPSA) is 92.0 Å². The number of aliphatic carboxylic acids is 1. The van der Waals surface area contributed by atoms with E-state index in [2.05, 4.69) is 5.32 Å². The fourth-order valence-electron chi connectivity index (χ4n) is 1.31. The van der Waals surface area contributed by atoms with Gasteiger partial charge >= 0.3 is 12.0 Å². The zero-order valence-corrected chi connectivity index (χ0v) is 10.3. The first-order valence-corrected chi connectivity index (χ1v) is 5.30. The number of furan rings is 1. The molecule has 0 fully saturated rings. The first-order chi connectivity index (χ1) is 8.54. The molecule has 7 heteroatoms. The van der Waals surface area contributed by atoms with E-state index < -0.39 is 12.1 Å². The molecule has 2 amide bonds. The first-order valence-electron chi connectivity index (χ1n) is 5.30. The molecule has 1 unspecified atom stereocenters. The number of urea groups is 1. The monoisotopic (exact) mass is 256 g/mol. The van der Waals surface area contributed by atoms with Crippen molar-refractivity contribution in [3.8, 4) is 0 Å². The smallest absolute Gasteiger partial charge is 0.334 e. The molecule has 1 rings (SSSR count). The second kappa shape index (κ2) is 6.65. The summed E-state index contributed by atoms with van der Waals surface area (Å²) in [4.78, 5) is 23.7. The van der Waals surface area contributed by atoms with E-state index >= 15 is 0 Å². The summed E-state index contributed by atoms with van der Waals surface area (Å²) in [7, 11) is 2.88. The van der Waals surface area contributed by atoms with E-state index in [1.165, 1.54) is 18.3 Å². The molecule has 0 spiro atoms. The highest BCUT2D eigenvalue weighted by Gasteiger charge is 2.18. The lowest BCUT2D eigenvalue weighted by Gasteiger charge is -2.18. The Morgan fingerprint density at radius 2 is 2.33 bits per heavy atom. The van der Waals surface area contributed by atoms with Crippen LogP contribution >= 0.6 is 0 Å². The summed E-state index contributed by atoms with van der Waals surface area (Å²) in [5.74, 6) is -1.12. The number of rotatable bonds is 6. The van der Waals surface area contributed by atoms with Gasteiger partial charge in [0.25, 0.3) is 0 Å². The van der Waals surface area contributed by atoms with Gasteiger partial charge in [-0.3, -0.25) is 0 Å². The van der Waals surface area contributed by atoms with Crippen LogP contribution < -0.4 is 5.32 Å². The molecule has 0 saturated carbocycles. The van der Waals surface area contributed by atoms with Crippen molar-refractivity contribution in [3.05, 3.63) is 24.2 Å². The van der Waals surface area contributed by atoms with Gasteiger partial charge in [0, 0.05) is 19.7 Å². The lowest BCUT2D eigenvalue weighted by atomic mass is 10.3. The van der Waals surface area contributed by atoms with Crippen LogP contribution in [0.4, 0.5) is 4.79 Å². The summed E-state index contributed by atoms with van der Waals surface area (Å²) in [6.45, 7) is 0.299. The van der Waals surface area contributed by atoms with Crippen LogP contribution in [0.1, 0.15) is 5.56 Å². The molecule has 18 heavy (non-hydrogen) atoms. The Balaban J connectivity index is 2.38. The molecule has 0 saturated heterocycles. The van der Waals surface area contributed by atoms with Crippen LogP contribution in [0.2, 0.25) is 0 Å². The molecule has 1 aromatic rings. The number of carbonyl (C=O) groups excluding carboxylic acids is 1. The van der Waals surface area contributed by atoms with Gasteiger partial charge in [0.2, 0.25) is 0 Å². The fourth-order valence-corrected chi connectivity index (χ4v) is 1.31. The summed E-state index contributed by atoms with van der Waals surface area (Å²) in [5, 5.41) is 11.2. The first kappa shape index (κ1) is 14.0. The number of amides is 2. The Bertz CT molecular complexity index is 390. The molecule has 0 radical (unpaired) electrons. The minimum absolute atomic E-state index is 0.0829. The minimum atomic E-state index is -1.12. The fraction of sp³-hybridized carbons (Fsp3) is 0.455. The molecule has 0 bridgehead atoms. The standard InChI is InChI=1S/C11H16N2O5/c1-13(6-8-3-4-18-7-8)11(16)12-5-9(17-2)10(14)15/h3-4,7,9H,5-6H2,1-2H3,(H,12,16)(H,14,15). The molecule has 2 N–H and O–H groups in total. The van der Waals surface area contributed by atoms with Crippen molar-refractivity contribution in [2.75, 3.05) is 20.7 Å². The lowest BCUT2D eigenvalue weighted by Crippen LogP contribution is -2.43. The zero-order chi connectivity index (χ0) is 13.5. The predicted molar refractivity (Wildman–Crippen MR) is 62.0 cm³/mol. The Labute approximate surface area is 104 Å². The maximum atomic E-state index is 11.6. The number of hydrogen-bond acceptors (Lipinski definition) is 4. The van der Waals surface area contributed by atoms with Crippen LogP contribution in [0.15, 0.2) is 23.0 Å². The largest absolute Gasteiger partial charge is 0.479 e. The van der Waals surface area contributed by atoms with Gasteiger partial charge < -0.3 is 24.5 Å². The maximum absolute atomic E-state index is 11.6. The number of carboxylic acids is 1. The molecule has 0 aromatic carbocycles. The summed E-state index contributed by atoms with van der Waals surface area (Å²) < 4.78 is 9.59. The Kier molecular flexibility index (Phi) is 5.19. The van der Waals surface area contributed by atoms with E-state index in [1.54, 1.807) is 19.4 Å². The van der Waals surface area contributed by atoms with Gasteiger partial charge in [0.05, 0.1) is 25.6 Å². The van der Waals surface area contributed by atoms with Gasteiger partial charge in [-0.05, 0) is 6.07 Å². The number of nitrogens with one attached hydrogen (secondary N) is 1. The molecule has 0 aliphatic heterocycles. The van der Waals surface area contributed by atoms with E-state index in [-0.39, 0.29) is 12.6 Å². The summed E-state index contributed by atoms with van der Waals surface area (Å²) in [5.41, 5.74) is 0.856. The summed E-state index contributed by atoms with van der Waals surface area (Å²) >= 11 is 0. The van der Waals surface area contributed by atoms with Crippen LogP contribution in [0.3, 0.4) is 0 Å². The van der Waals surface area contributed by atoms with Gasteiger partial charge in [-0.2, -0.15) is 0 Å². The third-order valence-electron chi connectivity index (χ3n) is 2.35. The Morgan fingerprint density at radius 3 is 2.83 bits per heavy atom. The molecule has 1 heterocycles. The van der Waals surface area contributed by atoms with Crippen LogP contribution in [0.5, 0.6) is 0 Å². The third-order valence-corrected chi connectivity index (χ3v) is 2.35. The van der Waals surface area contributed by atoms with Crippen molar-refractivity contribution >= 4 is 12.0 Å².